The average molecular weight is 467 g/mol. The largest absolute Gasteiger partial charge is 0.507 e. The summed E-state index contributed by atoms with van der Waals surface area (Å²) in [5.74, 6) is -0.884. The predicted molar refractivity (Wildman–Crippen MR) is 137 cm³/mol. The number of Topliss-reactive ketones (excluding diaryl/α,β-unsaturated/α-hetero) is 1. The molecule has 0 spiro atoms. The summed E-state index contributed by atoms with van der Waals surface area (Å²) in [6.07, 6.45) is 1.81. The lowest BCUT2D eigenvalue weighted by Gasteiger charge is -2.26. The molecule has 0 saturated carbocycles. The maximum Gasteiger partial charge on any atom is 0.300 e. The highest BCUT2D eigenvalue weighted by molar-refractivity contribution is 6.52. The quantitative estimate of drug-likeness (QED) is 0.221. The van der Waals surface area contributed by atoms with Crippen LogP contribution in [0.1, 0.15) is 35.2 Å². The molecule has 1 saturated heterocycles. The number of aromatic nitrogens is 1. The summed E-state index contributed by atoms with van der Waals surface area (Å²) in [5, 5.41) is 12.3. The fraction of sp³-hybridized carbons (Fsp3) is 0.172. The van der Waals surface area contributed by atoms with Crippen LogP contribution in [0.15, 0.2) is 78.5 Å². The van der Waals surface area contributed by atoms with Gasteiger partial charge >= 0.3 is 0 Å². The first-order chi connectivity index (χ1) is 16.9. The number of H-pyrrole nitrogens is 1. The number of carbonyl (C=O) groups excluding carboxylic acids is 2. The fourth-order valence-electron chi connectivity index (χ4n) is 4.80. The van der Waals surface area contributed by atoms with Gasteiger partial charge in [-0.15, -0.1) is 0 Å². The molecule has 6 nitrogen and oxygen atoms in total. The van der Waals surface area contributed by atoms with Crippen LogP contribution in [0.3, 0.4) is 0 Å². The van der Waals surface area contributed by atoms with Crippen LogP contribution < -0.4 is 9.64 Å². The van der Waals surface area contributed by atoms with Crippen LogP contribution in [-0.2, 0) is 9.59 Å². The molecule has 1 aliphatic heterocycles. The van der Waals surface area contributed by atoms with Crippen molar-refractivity contribution in [3.8, 4) is 5.75 Å². The van der Waals surface area contributed by atoms with Gasteiger partial charge in [0.15, 0.2) is 0 Å². The molecular weight excluding hydrogens is 440 g/mol. The van der Waals surface area contributed by atoms with E-state index in [1.807, 2.05) is 75.5 Å². The molecule has 1 aromatic heterocycles. The molecule has 35 heavy (non-hydrogen) atoms. The molecule has 6 heteroatoms. The summed E-state index contributed by atoms with van der Waals surface area (Å²) in [7, 11) is 0. The maximum absolute atomic E-state index is 13.5. The van der Waals surface area contributed by atoms with E-state index in [0.29, 0.717) is 23.6 Å². The second kappa shape index (κ2) is 8.80. The number of aliphatic hydroxyl groups is 1. The Morgan fingerprint density at radius 2 is 1.74 bits per heavy atom. The van der Waals surface area contributed by atoms with E-state index in [1.54, 1.807) is 18.2 Å². The monoisotopic (exact) mass is 466 g/mol. The number of carbonyl (C=O) groups is 2. The number of anilines is 1. The van der Waals surface area contributed by atoms with Gasteiger partial charge in [0.2, 0.25) is 0 Å². The first kappa shape index (κ1) is 22.5. The zero-order valence-corrected chi connectivity index (χ0v) is 19.8. The first-order valence-corrected chi connectivity index (χ1v) is 11.6. The zero-order chi connectivity index (χ0) is 24.7. The number of hydrogen-bond acceptors (Lipinski definition) is 4. The highest BCUT2D eigenvalue weighted by Gasteiger charge is 2.48. The fourth-order valence-corrected chi connectivity index (χ4v) is 4.80. The molecule has 2 N–H and O–H groups in total. The van der Waals surface area contributed by atoms with E-state index >= 15 is 0 Å². The summed E-state index contributed by atoms with van der Waals surface area (Å²) < 4.78 is 5.62. The summed E-state index contributed by atoms with van der Waals surface area (Å²) in [6, 6.07) is 19.6. The summed E-state index contributed by atoms with van der Waals surface area (Å²) in [4.78, 5) is 31.7. The van der Waals surface area contributed by atoms with Gasteiger partial charge in [-0.3, -0.25) is 14.5 Å². The van der Waals surface area contributed by atoms with Gasteiger partial charge in [0, 0.05) is 33.9 Å². The molecule has 1 atom stereocenters. The highest BCUT2D eigenvalue weighted by atomic mass is 16.5. The smallest absolute Gasteiger partial charge is 0.300 e. The van der Waals surface area contributed by atoms with Crippen molar-refractivity contribution in [2.24, 2.45) is 0 Å². The number of aromatic amines is 1. The van der Waals surface area contributed by atoms with Crippen LogP contribution in [0.4, 0.5) is 5.69 Å². The van der Waals surface area contributed by atoms with Crippen LogP contribution >= 0.6 is 0 Å². The first-order valence-electron chi connectivity index (χ1n) is 11.6. The number of aliphatic hydroxyl groups excluding tert-OH is 1. The minimum absolute atomic E-state index is 0.0616. The van der Waals surface area contributed by atoms with Crippen molar-refractivity contribution in [3.05, 3.63) is 101 Å². The molecule has 1 amide bonds. The molecule has 5 rings (SSSR count). The number of ketones is 1. The van der Waals surface area contributed by atoms with Crippen LogP contribution in [0, 0.1) is 13.8 Å². The average Bonchev–Trinajstić information content (AvgIpc) is 3.39. The highest BCUT2D eigenvalue weighted by Crippen LogP contribution is 2.45. The molecule has 0 radical (unpaired) electrons. The molecule has 0 aliphatic carbocycles. The summed E-state index contributed by atoms with van der Waals surface area (Å²) in [6.45, 7) is 6.21. The normalized spacial score (nSPS) is 17.3. The zero-order valence-electron chi connectivity index (χ0n) is 19.8. The van der Waals surface area contributed by atoms with Crippen molar-refractivity contribution in [2.75, 3.05) is 11.5 Å². The number of nitrogens with one attached hydrogen (secondary N) is 1. The molecule has 3 aromatic carbocycles. The Labute approximate surface area is 203 Å². The second-order valence-corrected chi connectivity index (χ2v) is 8.66. The number of fused-ring (bicyclic) bond motifs is 1. The van der Waals surface area contributed by atoms with Crippen molar-refractivity contribution in [1.82, 2.24) is 4.98 Å². The van der Waals surface area contributed by atoms with Gasteiger partial charge in [0.05, 0.1) is 18.2 Å². The standard InChI is InChI=1S/C29H26N2O4/c1-4-35-24-14-13-19(15-18(24)3)27(32)25-26(21-16-30-22-11-7-6-10-20(21)22)31(29(34)28(25)33)23-12-8-5-9-17(23)2/h5-16,26,30,32H,4H2,1-3H3/b27-25+. The minimum Gasteiger partial charge on any atom is -0.507 e. The minimum atomic E-state index is -0.792. The van der Waals surface area contributed by atoms with E-state index in [1.165, 1.54) is 4.90 Å². The summed E-state index contributed by atoms with van der Waals surface area (Å²) in [5.41, 5.74) is 4.46. The molecular formula is C29H26N2O4. The topological polar surface area (TPSA) is 82.6 Å². The van der Waals surface area contributed by atoms with Gasteiger partial charge in [-0.2, -0.15) is 0 Å². The van der Waals surface area contributed by atoms with E-state index in [9.17, 15) is 14.7 Å². The van der Waals surface area contributed by atoms with Crippen LogP contribution in [0.5, 0.6) is 5.75 Å². The number of rotatable bonds is 5. The molecule has 1 unspecified atom stereocenters. The van der Waals surface area contributed by atoms with Gasteiger partial charge in [0.25, 0.3) is 11.7 Å². The number of hydrogen-bond donors (Lipinski definition) is 2. The van der Waals surface area contributed by atoms with Gasteiger partial charge in [-0.05, 0) is 62.2 Å². The maximum atomic E-state index is 13.5. The van der Waals surface area contributed by atoms with Gasteiger partial charge in [-0.25, -0.2) is 0 Å². The van der Waals surface area contributed by atoms with Crippen molar-refractivity contribution in [2.45, 2.75) is 26.8 Å². The van der Waals surface area contributed by atoms with E-state index in [-0.39, 0.29) is 11.3 Å². The number of benzene rings is 3. The number of para-hydroxylation sites is 2. The predicted octanol–water partition coefficient (Wildman–Crippen LogP) is 5.81. The molecule has 1 fully saturated rings. The van der Waals surface area contributed by atoms with E-state index < -0.39 is 17.7 Å². The van der Waals surface area contributed by atoms with Crippen LogP contribution in [-0.4, -0.2) is 28.4 Å². The van der Waals surface area contributed by atoms with Crippen molar-refractivity contribution >= 4 is 34.0 Å². The molecule has 2 heterocycles. The molecule has 4 aromatic rings. The van der Waals surface area contributed by atoms with E-state index in [4.69, 9.17) is 4.74 Å². The van der Waals surface area contributed by atoms with E-state index in [0.717, 1.165) is 27.6 Å². The molecule has 176 valence electrons. The lowest BCUT2D eigenvalue weighted by atomic mass is 9.94. The van der Waals surface area contributed by atoms with Crippen LogP contribution in [0.25, 0.3) is 16.7 Å². The van der Waals surface area contributed by atoms with Crippen LogP contribution in [0.2, 0.25) is 0 Å². The molecule has 1 aliphatic rings. The van der Waals surface area contributed by atoms with Crippen molar-refractivity contribution in [1.29, 1.82) is 0 Å². The van der Waals surface area contributed by atoms with Crippen molar-refractivity contribution < 1.29 is 19.4 Å². The number of amides is 1. The third-order valence-corrected chi connectivity index (χ3v) is 6.48. The number of nitrogens with zero attached hydrogens (tertiary/aromatic N) is 1. The lowest BCUT2D eigenvalue weighted by molar-refractivity contribution is -0.132. The van der Waals surface area contributed by atoms with E-state index in [2.05, 4.69) is 4.98 Å². The Kier molecular flexibility index (Phi) is 5.65. The SMILES string of the molecule is CCOc1ccc(/C(O)=C2\C(=O)C(=O)N(c3ccccc3C)C2c2c[nH]c3ccccc23)cc1C. The Balaban J connectivity index is 1.76. The summed E-state index contributed by atoms with van der Waals surface area (Å²) >= 11 is 0. The molecule has 0 bridgehead atoms. The van der Waals surface area contributed by atoms with Crippen molar-refractivity contribution in [3.63, 3.8) is 0 Å². The van der Waals surface area contributed by atoms with Gasteiger partial charge in [-0.1, -0.05) is 36.4 Å². The Morgan fingerprint density at radius 1 is 1.00 bits per heavy atom. The van der Waals surface area contributed by atoms with Gasteiger partial charge in [0.1, 0.15) is 11.5 Å². The number of aryl methyl sites for hydroxylation is 2. The third kappa shape index (κ3) is 3.67. The van der Waals surface area contributed by atoms with Gasteiger partial charge < -0.3 is 14.8 Å². The second-order valence-electron chi connectivity index (χ2n) is 8.66. The lowest BCUT2D eigenvalue weighted by Crippen LogP contribution is -2.30. The Bertz CT molecular complexity index is 1500. The number of ether oxygens (including phenoxy) is 1. The Hall–Kier alpha value is -4.32. The third-order valence-electron chi connectivity index (χ3n) is 6.48. The Morgan fingerprint density at radius 3 is 2.49 bits per heavy atom.